The fourth-order valence-corrected chi connectivity index (χ4v) is 1.32. The Bertz CT molecular complexity index is 332. The predicted octanol–water partition coefficient (Wildman–Crippen LogP) is -0.0256. The Morgan fingerprint density at radius 2 is 1.94 bits per heavy atom. The van der Waals surface area contributed by atoms with Crippen LogP contribution in [0.2, 0.25) is 0 Å². The summed E-state index contributed by atoms with van der Waals surface area (Å²) in [5, 5.41) is 27.9. The minimum Gasteiger partial charge on any atom is -0.404 e. The third kappa shape index (κ3) is 3.61. The molecule has 0 aliphatic rings. The van der Waals surface area contributed by atoms with Crippen LogP contribution in [0.25, 0.3) is 0 Å². The Hall–Kier alpha value is -1.44. The Morgan fingerprint density at radius 3 is 2.38 bits per heavy atom. The summed E-state index contributed by atoms with van der Waals surface area (Å²) in [6.07, 6.45) is 0. The molecule has 2 N–H and O–H groups in total. The summed E-state index contributed by atoms with van der Waals surface area (Å²) in [5.41, 5.74) is 0. The lowest BCUT2D eigenvalue weighted by atomic mass is 10.4. The maximum atomic E-state index is 10.4. The lowest BCUT2D eigenvalue weighted by molar-refractivity contribution is -0.402. The molecule has 0 aromatic carbocycles. The van der Waals surface area contributed by atoms with Crippen LogP contribution in [0.4, 0.5) is 5.88 Å². The van der Waals surface area contributed by atoms with Gasteiger partial charge in [0.2, 0.25) is 0 Å². The standard InChI is InChI=1S/C9H14N2O5/c12-5-3-10(4-6-13)7-8-1-2-9(16-8)11(14)15/h1-2,12-13H,3-7H2. The molecule has 0 aliphatic carbocycles. The van der Waals surface area contributed by atoms with Crippen LogP contribution in [0, 0.1) is 10.1 Å². The molecule has 7 nitrogen and oxygen atoms in total. The van der Waals surface area contributed by atoms with Crippen molar-refractivity contribution in [2.75, 3.05) is 26.3 Å². The highest BCUT2D eigenvalue weighted by atomic mass is 16.6. The van der Waals surface area contributed by atoms with E-state index in [-0.39, 0.29) is 19.1 Å². The van der Waals surface area contributed by atoms with Gasteiger partial charge >= 0.3 is 5.88 Å². The van der Waals surface area contributed by atoms with Gasteiger partial charge in [-0.05, 0) is 6.07 Å². The molecule has 0 unspecified atom stereocenters. The maximum Gasteiger partial charge on any atom is 0.433 e. The van der Waals surface area contributed by atoms with Crippen LogP contribution >= 0.6 is 0 Å². The Balaban J connectivity index is 2.58. The van der Waals surface area contributed by atoms with Crippen LogP contribution in [0.5, 0.6) is 0 Å². The maximum absolute atomic E-state index is 10.4. The van der Waals surface area contributed by atoms with Gasteiger partial charge in [0.05, 0.1) is 25.8 Å². The SMILES string of the molecule is O=[N+]([O-])c1ccc(CN(CCO)CCO)o1. The summed E-state index contributed by atoms with van der Waals surface area (Å²) in [7, 11) is 0. The van der Waals surface area contributed by atoms with Crippen molar-refractivity contribution >= 4 is 5.88 Å². The fourth-order valence-electron chi connectivity index (χ4n) is 1.32. The van der Waals surface area contributed by atoms with Crippen molar-refractivity contribution in [1.82, 2.24) is 4.90 Å². The number of hydrogen-bond donors (Lipinski definition) is 2. The summed E-state index contributed by atoms with van der Waals surface area (Å²) in [5.74, 6) is 0.136. The number of rotatable bonds is 7. The average Bonchev–Trinajstić information content (AvgIpc) is 2.67. The first kappa shape index (κ1) is 12.6. The topological polar surface area (TPSA) is 100.0 Å². The smallest absolute Gasteiger partial charge is 0.404 e. The molecule has 16 heavy (non-hydrogen) atoms. The van der Waals surface area contributed by atoms with Gasteiger partial charge in [-0.25, -0.2) is 0 Å². The number of nitro groups is 1. The minimum atomic E-state index is -0.605. The van der Waals surface area contributed by atoms with Crippen molar-refractivity contribution in [1.29, 1.82) is 0 Å². The van der Waals surface area contributed by atoms with Gasteiger partial charge in [0.25, 0.3) is 0 Å². The molecule has 0 saturated carbocycles. The van der Waals surface area contributed by atoms with Crippen LogP contribution < -0.4 is 0 Å². The first-order valence-corrected chi connectivity index (χ1v) is 4.84. The first-order chi connectivity index (χ1) is 7.67. The van der Waals surface area contributed by atoms with E-state index in [0.29, 0.717) is 25.4 Å². The summed E-state index contributed by atoms with van der Waals surface area (Å²) < 4.78 is 4.96. The number of furan rings is 1. The molecule has 0 radical (unpaired) electrons. The number of hydrogen-bond acceptors (Lipinski definition) is 6. The Kier molecular flexibility index (Phi) is 4.90. The highest BCUT2D eigenvalue weighted by molar-refractivity contribution is 5.17. The van der Waals surface area contributed by atoms with Crippen molar-refractivity contribution < 1.29 is 19.6 Å². The summed E-state index contributed by atoms with van der Waals surface area (Å²) in [6, 6.07) is 2.80. The van der Waals surface area contributed by atoms with Crippen LogP contribution in [0.3, 0.4) is 0 Å². The summed E-state index contributed by atoms with van der Waals surface area (Å²) in [4.78, 5) is 11.5. The molecule has 7 heteroatoms. The Morgan fingerprint density at radius 1 is 1.31 bits per heavy atom. The van der Waals surface area contributed by atoms with E-state index >= 15 is 0 Å². The molecule has 90 valence electrons. The summed E-state index contributed by atoms with van der Waals surface area (Å²) in [6.45, 7) is 1.02. The zero-order chi connectivity index (χ0) is 12.0. The molecule has 0 amide bonds. The third-order valence-electron chi connectivity index (χ3n) is 2.04. The Labute approximate surface area is 92.1 Å². The van der Waals surface area contributed by atoms with Crippen LogP contribution in [-0.2, 0) is 6.54 Å². The lowest BCUT2D eigenvalue weighted by Gasteiger charge is -2.18. The van der Waals surface area contributed by atoms with Crippen LogP contribution in [0.1, 0.15) is 5.76 Å². The lowest BCUT2D eigenvalue weighted by Crippen LogP contribution is -2.29. The van der Waals surface area contributed by atoms with E-state index in [9.17, 15) is 10.1 Å². The normalized spacial score (nSPS) is 10.9. The predicted molar refractivity (Wildman–Crippen MR) is 54.8 cm³/mol. The van der Waals surface area contributed by atoms with Crippen molar-refractivity contribution in [2.24, 2.45) is 0 Å². The van der Waals surface area contributed by atoms with Gasteiger partial charge in [-0.2, -0.15) is 0 Å². The van der Waals surface area contributed by atoms with Crippen molar-refractivity contribution in [3.05, 3.63) is 28.0 Å². The molecule has 0 aliphatic heterocycles. The monoisotopic (exact) mass is 230 g/mol. The minimum absolute atomic E-state index is 0.0389. The van der Waals surface area contributed by atoms with E-state index in [2.05, 4.69) is 0 Å². The molecular formula is C9H14N2O5. The molecule has 1 heterocycles. The molecule has 1 rings (SSSR count). The largest absolute Gasteiger partial charge is 0.433 e. The molecule has 1 aromatic rings. The van der Waals surface area contributed by atoms with Crippen molar-refractivity contribution in [3.63, 3.8) is 0 Å². The molecule has 0 fully saturated rings. The molecule has 0 atom stereocenters. The zero-order valence-electron chi connectivity index (χ0n) is 8.70. The van der Waals surface area contributed by atoms with Crippen molar-refractivity contribution in [2.45, 2.75) is 6.54 Å². The fraction of sp³-hybridized carbons (Fsp3) is 0.556. The van der Waals surface area contributed by atoms with Gasteiger partial charge in [0.15, 0.2) is 0 Å². The molecule has 0 saturated heterocycles. The van der Waals surface area contributed by atoms with E-state index in [0.717, 1.165) is 0 Å². The van der Waals surface area contributed by atoms with E-state index in [4.69, 9.17) is 14.6 Å². The van der Waals surface area contributed by atoms with E-state index in [1.165, 1.54) is 12.1 Å². The quantitative estimate of drug-likeness (QED) is 0.504. The second-order valence-corrected chi connectivity index (χ2v) is 3.22. The highest BCUT2D eigenvalue weighted by Crippen LogP contribution is 2.16. The number of nitrogens with zero attached hydrogens (tertiary/aromatic N) is 2. The second-order valence-electron chi connectivity index (χ2n) is 3.22. The van der Waals surface area contributed by atoms with Gasteiger partial charge in [-0.3, -0.25) is 15.0 Å². The molecule has 1 aromatic heterocycles. The first-order valence-electron chi connectivity index (χ1n) is 4.84. The van der Waals surface area contributed by atoms with Gasteiger partial charge in [0.1, 0.15) is 10.7 Å². The van der Waals surface area contributed by atoms with Crippen LogP contribution in [-0.4, -0.2) is 46.3 Å². The van der Waals surface area contributed by atoms with Gasteiger partial charge in [0, 0.05) is 13.1 Å². The van der Waals surface area contributed by atoms with E-state index in [1.807, 2.05) is 0 Å². The van der Waals surface area contributed by atoms with Crippen molar-refractivity contribution in [3.8, 4) is 0 Å². The van der Waals surface area contributed by atoms with Gasteiger partial charge in [-0.15, -0.1) is 0 Å². The van der Waals surface area contributed by atoms with Gasteiger partial charge < -0.3 is 14.6 Å². The number of aliphatic hydroxyl groups excluding tert-OH is 2. The highest BCUT2D eigenvalue weighted by Gasteiger charge is 2.14. The zero-order valence-corrected chi connectivity index (χ0v) is 8.70. The van der Waals surface area contributed by atoms with E-state index in [1.54, 1.807) is 4.90 Å². The van der Waals surface area contributed by atoms with Crippen LogP contribution in [0.15, 0.2) is 16.5 Å². The second kappa shape index (κ2) is 6.21. The average molecular weight is 230 g/mol. The summed E-state index contributed by atoms with van der Waals surface area (Å²) >= 11 is 0. The third-order valence-corrected chi connectivity index (χ3v) is 2.04. The molecule has 0 bridgehead atoms. The molecular weight excluding hydrogens is 216 g/mol. The van der Waals surface area contributed by atoms with E-state index < -0.39 is 4.92 Å². The van der Waals surface area contributed by atoms with Gasteiger partial charge in [-0.1, -0.05) is 0 Å². The number of aliphatic hydroxyl groups is 2. The molecule has 0 spiro atoms.